The van der Waals surface area contributed by atoms with Crippen LogP contribution in [0.1, 0.15) is 48.0 Å². The topological polar surface area (TPSA) is 65.6 Å². The third-order valence-electron chi connectivity index (χ3n) is 6.86. The average Bonchev–Trinajstić information content (AvgIpc) is 3.35. The van der Waals surface area contributed by atoms with E-state index in [-0.39, 0.29) is 12.2 Å². The van der Waals surface area contributed by atoms with E-state index < -0.39 is 12.0 Å². The Labute approximate surface area is 249 Å². The number of fused-ring (bicyclic) bond motifs is 1. The monoisotopic (exact) mass is 671 g/mol. The van der Waals surface area contributed by atoms with Gasteiger partial charge in [-0.1, -0.05) is 35.1 Å². The Morgan fingerprint density at radius 3 is 2.51 bits per heavy atom. The van der Waals surface area contributed by atoms with Crippen LogP contribution >= 0.6 is 45.5 Å². The standard InChI is InChI=1S/C30H27ClIN3O3S/c1-6-38-29(37)26-18(4)33-30-35(27(26)20-7-9-22(31)10-8-20)28(36)25(39-30)15-21-14-17(3)34(19(21)5)23-11-12-24(32)16(2)13-23/h7-15,27H,6H2,1-5H3/b25-15+/t27-/m1/s1. The summed E-state index contributed by atoms with van der Waals surface area (Å²) in [6.07, 6.45) is 1.92. The number of carbonyl (C=O) groups is 1. The van der Waals surface area contributed by atoms with Gasteiger partial charge in [0, 0.05) is 25.7 Å². The molecule has 39 heavy (non-hydrogen) atoms. The number of halogens is 2. The summed E-state index contributed by atoms with van der Waals surface area (Å²) >= 11 is 9.81. The van der Waals surface area contributed by atoms with E-state index in [0.29, 0.717) is 25.6 Å². The number of hydrogen-bond donors (Lipinski definition) is 0. The first-order valence-corrected chi connectivity index (χ1v) is 14.8. The molecule has 6 nitrogen and oxygen atoms in total. The molecule has 0 saturated carbocycles. The van der Waals surface area contributed by atoms with E-state index in [1.54, 1.807) is 30.5 Å². The molecule has 0 unspecified atom stereocenters. The maximum absolute atomic E-state index is 13.9. The molecule has 0 amide bonds. The van der Waals surface area contributed by atoms with Gasteiger partial charge in [0.15, 0.2) is 4.80 Å². The van der Waals surface area contributed by atoms with Crippen molar-refractivity contribution in [3.63, 3.8) is 0 Å². The Balaban J connectivity index is 1.68. The number of benzene rings is 2. The van der Waals surface area contributed by atoms with Crippen molar-refractivity contribution in [2.24, 2.45) is 4.99 Å². The van der Waals surface area contributed by atoms with Crippen LogP contribution in [0.2, 0.25) is 5.02 Å². The van der Waals surface area contributed by atoms with Gasteiger partial charge >= 0.3 is 5.97 Å². The van der Waals surface area contributed by atoms with Crippen LogP contribution in [0, 0.1) is 24.3 Å². The minimum absolute atomic E-state index is 0.206. The predicted molar refractivity (Wildman–Crippen MR) is 165 cm³/mol. The van der Waals surface area contributed by atoms with Crippen LogP contribution in [0.15, 0.2) is 69.6 Å². The average molecular weight is 672 g/mol. The van der Waals surface area contributed by atoms with Gasteiger partial charge in [0.1, 0.15) is 0 Å². The molecule has 3 heterocycles. The quantitative estimate of drug-likeness (QED) is 0.200. The van der Waals surface area contributed by atoms with Crippen molar-refractivity contribution in [1.29, 1.82) is 0 Å². The predicted octanol–water partition coefficient (Wildman–Crippen LogP) is 5.77. The van der Waals surface area contributed by atoms with Gasteiger partial charge in [-0.2, -0.15) is 0 Å². The summed E-state index contributed by atoms with van der Waals surface area (Å²) in [4.78, 5) is 32.2. The minimum Gasteiger partial charge on any atom is -0.463 e. The molecule has 0 radical (unpaired) electrons. The highest BCUT2D eigenvalue weighted by Crippen LogP contribution is 2.31. The number of thiazole rings is 1. The van der Waals surface area contributed by atoms with Crippen molar-refractivity contribution in [1.82, 2.24) is 9.13 Å². The lowest BCUT2D eigenvalue weighted by Crippen LogP contribution is -2.39. The molecule has 0 saturated heterocycles. The van der Waals surface area contributed by atoms with Crippen molar-refractivity contribution >= 4 is 57.6 Å². The summed E-state index contributed by atoms with van der Waals surface area (Å²) in [5, 5.41) is 0.572. The molecule has 9 heteroatoms. The number of aryl methyl sites for hydroxylation is 2. The molecular weight excluding hydrogens is 645 g/mol. The normalized spacial score (nSPS) is 15.4. The molecule has 4 aromatic rings. The third kappa shape index (κ3) is 5.05. The van der Waals surface area contributed by atoms with Gasteiger partial charge in [0.05, 0.1) is 28.5 Å². The van der Waals surface area contributed by atoms with Gasteiger partial charge in [-0.3, -0.25) is 9.36 Å². The molecule has 1 aliphatic rings. The lowest BCUT2D eigenvalue weighted by Gasteiger charge is -2.24. The Hall–Kier alpha value is -2.95. The fourth-order valence-corrected chi connectivity index (χ4v) is 6.49. The van der Waals surface area contributed by atoms with Crippen molar-refractivity contribution in [2.75, 3.05) is 6.61 Å². The van der Waals surface area contributed by atoms with Crippen molar-refractivity contribution in [3.8, 4) is 5.69 Å². The maximum atomic E-state index is 13.9. The first-order valence-electron chi connectivity index (χ1n) is 12.5. The Bertz CT molecular complexity index is 1830. The molecule has 1 atom stereocenters. The second-order valence-corrected chi connectivity index (χ2v) is 12.1. The molecule has 2 aromatic heterocycles. The number of rotatable bonds is 5. The lowest BCUT2D eigenvalue weighted by molar-refractivity contribution is -0.139. The van der Waals surface area contributed by atoms with E-state index in [2.05, 4.69) is 77.2 Å². The highest BCUT2D eigenvalue weighted by molar-refractivity contribution is 14.1. The highest BCUT2D eigenvalue weighted by atomic mass is 127. The zero-order chi connectivity index (χ0) is 28.0. The first kappa shape index (κ1) is 27.6. The van der Waals surface area contributed by atoms with Crippen molar-refractivity contribution in [3.05, 3.63) is 116 Å². The van der Waals surface area contributed by atoms with Gasteiger partial charge in [0.25, 0.3) is 5.56 Å². The summed E-state index contributed by atoms with van der Waals surface area (Å²) in [5.74, 6) is -0.482. The van der Waals surface area contributed by atoms with Crippen LogP contribution in [-0.2, 0) is 9.53 Å². The number of allylic oxidation sites excluding steroid dienone is 1. The SMILES string of the molecule is CCOC(=O)C1=C(C)N=c2s/c(=C/c3cc(C)n(-c4ccc(I)c(C)c4)c3C)c(=O)n2[C@@H]1c1ccc(Cl)cc1. The van der Waals surface area contributed by atoms with Gasteiger partial charge in [0.2, 0.25) is 0 Å². The number of hydrogen-bond acceptors (Lipinski definition) is 5. The molecule has 0 bridgehead atoms. The number of nitrogens with zero attached hydrogens (tertiary/aromatic N) is 3. The van der Waals surface area contributed by atoms with Crippen LogP contribution in [0.25, 0.3) is 11.8 Å². The maximum Gasteiger partial charge on any atom is 0.338 e. The summed E-state index contributed by atoms with van der Waals surface area (Å²) in [6.45, 7) is 9.99. The largest absolute Gasteiger partial charge is 0.463 e. The van der Waals surface area contributed by atoms with Gasteiger partial charge in [-0.15, -0.1) is 0 Å². The van der Waals surface area contributed by atoms with Gasteiger partial charge in [-0.25, -0.2) is 9.79 Å². The first-order chi connectivity index (χ1) is 18.6. The van der Waals surface area contributed by atoms with E-state index in [1.165, 1.54) is 20.5 Å². The Kier molecular flexibility index (Phi) is 7.72. The van der Waals surface area contributed by atoms with E-state index >= 15 is 0 Å². The van der Waals surface area contributed by atoms with Crippen molar-refractivity contribution in [2.45, 2.75) is 40.7 Å². The molecule has 2 aromatic carbocycles. The van der Waals surface area contributed by atoms with Crippen LogP contribution in [0.4, 0.5) is 0 Å². The number of aromatic nitrogens is 2. The molecule has 200 valence electrons. The Morgan fingerprint density at radius 1 is 1.13 bits per heavy atom. The molecular formula is C30H27ClIN3O3S. The summed E-state index contributed by atoms with van der Waals surface area (Å²) < 4.78 is 10.9. The van der Waals surface area contributed by atoms with Crippen molar-refractivity contribution < 1.29 is 9.53 Å². The lowest BCUT2D eigenvalue weighted by atomic mass is 9.96. The van der Waals surface area contributed by atoms with Crippen LogP contribution in [-0.4, -0.2) is 21.7 Å². The van der Waals surface area contributed by atoms with Gasteiger partial charge in [-0.05, 0) is 116 Å². The smallest absolute Gasteiger partial charge is 0.338 e. The zero-order valence-corrected chi connectivity index (χ0v) is 25.9. The summed E-state index contributed by atoms with van der Waals surface area (Å²) in [6, 6.07) is 15.0. The third-order valence-corrected chi connectivity index (χ3v) is 9.30. The number of esters is 1. The molecule has 0 N–H and O–H groups in total. The fraction of sp³-hybridized carbons (Fsp3) is 0.233. The van der Waals surface area contributed by atoms with Crippen LogP contribution in [0.5, 0.6) is 0 Å². The fourth-order valence-electron chi connectivity index (χ4n) is 4.99. The second-order valence-electron chi connectivity index (χ2n) is 9.45. The van der Waals surface area contributed by atoms with E-state index in [0.717, 1.165) is 28.2 Å². The van der Waals surface area contributed by atoms with Gasteiger partial charge < -0.3 is 9.30 Å². The zero-order valence-electron chi connectivity index (χ0n) is 22.2. The molecule has 0 fully saturated rings. The van der Waals surface area contributed by atoms with Crippen LogP contribution < -0.4 is 14.9 Å². The number of carbonyl (C=O) groups excluding carboxylic acids is 1. The van der Waals surface area contributed by atoms with Crippen LogP contribution in [0.3, 0.4) is 0 Å². The summed E-state index contributed by atoms with van der Waals surface area (Å²) in [5.41, 5.74) is 6.81. The molecule has 5 rings (SSSR count). The number of ether oxygens (including phenoxy) is 1. The minimum atomic E-state index is -0.665. The van der Waals surface area contributed by atoms with E-state index in [4.69, 9.17) is 16.3 Å². The highest BCUT2D eigenvalue weighted by Gasteiger charge is 2.33. The molecule has 1 aliphatic heterocycles. The Morgan fingerprint density at radius 2 is 1.85 bits per heavy atom. The summed E-state index contributed by atoms with van der Waals surface area (Å²) in [7, 11) is 0. The van der Waals surface area contributed by atoms with E-state index in [1.807, 2.05) is 18.2 Å². The second kappa shape index (κ2) is 10.9. The molecule has 0 spiro atoms. The van der Waals surface area contributed by atoms with E-state index in [9.17, 15) is 9.59 Å². The molecule has 0 aliphatic carbocycles.